The van der Waals surface area contributed by atoms with Gasteiger partial charge in [-0.05, 0) is 44.0 Å². The summed E-state index contributed by atoms with van der Waals surface area (Å²) in [6, 6.07) is 4.21. The average Bonchev–Trinajstić information content (AvgIpc) is 2.39. The van der Waals surface area contributed by atoms with Gasteiger partial charge in [-0.2, -0.15) is 0 Å². The summed E-state index contributed by atoms with van der Waals surface area (Å²) in [6.07, 6.45) is 3.75. The summed E-state index contributed by atoms with van der Waals surface area (Å²) in [5, 5.41) is 3.63. The maximum absolute atomic E-state index is 4.07. The standard InChI is InChI=1S/C14H23N3/c1-12-8-16-14(2,3)11-17(9-12)10-13-4-6-15-7-5-13/h4-7,12,16H,8-11H2,1-3H3. The van der Waals surface area contributed by atoms with Crippen LogP contribution in [0, 0.1) is 5.92 Å². The number of hydrogen-bond acceptors (Lipinski definition) is 3. The Balaban J connectivity index is 2.03. The van der Waals surface area contributed by atoms with Gasteiger partial charge < -0.3 is 5.32 Å². The zero-order valence-corrected chi connectivity index (χ0v) is 11.1. The Morgan fingerprint density at radius 2 is 2.12 bits per heavy atom. The lowest BCUT2D eigenvalue weighted by Crippen LogP contribution is -2.46. The maximum Gasteiger partial charge on any atom is 0.0271 e. The van der Waals surface area contributed by atoms with Gasteiger partial charge >= 0.3 is 0 Å². The first-order valence-corrected chi connectivity index (χ1v) is 6.41. The molecule has 3 heteroatoms. The summed E-state index contributed by atoms with van der Waals surface area (Å²) in [4.78, 5) is 6.61. The van der Waals surface area contributed by atoms with Crippen molar-refractivity contribution >= 4 is 0 Å². The Labute approximate surface area is 104 Å². The van der Waals surface area contributed by atoms with E-state index < -0.39 is 0 Å². The normalized spacial score (nSPS) is 25.5. The van der Waals surface area contributed by atoms with Crippen molar-refractivity contribution in [2.75, 3.05) is 19.6 Å². The van der Waals surface area contributed by atoms with E-state index in [0.29, 0.717) is 5.92 Å². The molecule has 2 rings (SSSR count). The lowest BCUT2D eigenvalue weighted by Gasteiger charge is -2.30. The number of hydrogen-bond donors (Lipinski definition) is 1. The van der Waals surface area contributed by atoms with Crippen LogP contribution in [0.4, 0.5) is 0 Å². The van der Waals surface area contributed by atoms with Crippen molar-refractivity contribution in [1.29, 1.82) is 0 Å². The molecule has 0 bridgehead atoms. The van der Waals surface area contributed by atoms with E-state index in [9.17, 15) is 0 Å². The third-order valence-corrected chi connectivity index (χ3v) is 3.27. The summed E-state index contributed by atoms with van der Waals surface area (Å²) < 4.78 is 0. The lowest BCUT2D eigenvalue weighted by molar-refractivity contribution is 0.213. The van der Waals surface area contributed by atoms with Crippen LogP contribution < -0.4 is 5.32 Å². The SMILES string of the molecule is CC1CNC(C)(C)CN(Cc2ccncc2)C1. The monoisotopic (exact) mass is 233 g/mol. The molecule has 1 unspecified atom stereocenters. The highest BCUT2D eigenvalue weighted by atomic mass is 15.2. The topological polar surface area (TPSA) is 28.2 Å². The van der Waals surface area contributed by atoms with Gasteiger partial charge in [-0.3, -0.25) is 9.88 Å². The second kappa shape index (κ2) is 5.15. The Morgan fingerprint density at radius 1 is 1.41 bits per heavy atom. The van der Waals surface area contributed by atoms with Crippen molar-refractivity contribution in [3.05, 3.63) is 30.1 Å². The molecular formula is C14H23N3. The van der Waals surface area contributed by atoms with E-state index in [1.807, 2.05) is 12.4 Å². The molecule has 1 atom stereocenters. The molecule has 0 saturated carbocycles. The molecule has 1 N–H and O–H groups in total. The van der Waals surface area contributed by atoms with Crippen molar-refractivity contribution in [2.24, 2.45) is 5.92 Å². The van der Waals surface area contributed by atoms with Crippen LogP contribution >= 0.6 is 0 Å². The summed E-state index contributed by atoms with van der Waals surface area (Å²) >= 11 is 0. The molecule has 3 nitrogen and oxygen atoms in total. The second-order valence-electron chi connectivity index (χ2n) is 5.90. The Kier molecular flexibility index (Phi) is 3.79. The summed E-state index contributed by atoms with van der Waals surface area (Å²) in [5.41, 5.74) is 1.56. The summed E-state index contributed by atoms with van der Waals surface area (Å²) in [7, 11) is 0. The van der Waals surface area contributed by atoms with Gasteiger partial charge in [0.25, 0.3) is 0 Å². The van der Waals surface area contributed by atoms with Gasteiger partial charge in [-0.1, -0.05) is 6.92 Å². The number of pyridine rings is 1. The molecular weight excluding hydrogens is 210 g/mol. The first-order valence-electron chi connectivity index (χ1n) is 6.41. The predicted molar refractivity (Wildman–Crippen MR) is 70.8 cm³/mol. The number of aromatic nitrogens is 1. The van der Waals surface area contributed by atoms with Crippen molar-refractivity contribution in [2.45, 2.75) is 32.9 Å². The first-order chi connectivity index (χ1) is 8.05. The average molecular weight is 233 g/mol. The van der Waals surface area contributed by atoms with E-state index >= 15 is 0 Å². The fraction of sp³-hybridized carbons (Fsp3) is 0.643. The van der Waals surface area contributed by atoms with Crippen LogP contribution in [-0.2, 0) is 6.54 Å². The lowest BCUT2D eigenvalue weighted by atomic mass is 10.1. The van der Waals surface area contributed by atoms with Gasteiger partial charge in [0.2, 0.25) is 0 Å². The fourth-order valence-corrected chi connectivity index (χ4v) is 2.50. The maximum atomic E-state index is 4.07. The Bertz CT molecular complexity index is 348. The highest BCUT2D eigenvalue weighted by molar-refractivity contribution is 5.09. The van der Waals surface area contributed by atoms with Gasteiger partial charge in [0, 0.05) is 37.6 Å². The molecule has 17 heavy (non-hydrogen) atoms. The molecule has 1 aliphatic rings. The first kappa shape index (κ1) is 12.5. The number of nitrogens with one attached hydrogen (secondary N) is 1. The molecule has 94 valence electrons. The zero-order valence-electron chi connectivity index (χ0n) is 11.1. The molecule has 1 aromatic rings. The van der Waals surface area contributed by atoms with E-state index in [0.717, 1.165) is 19.6 Å². The van der Waals surface area contributed by atoms with E-state index in [4.69, 9.17) is 0 Å². The molecule has 1 aliphatic heterocycles. The molecule has 0 amide bonds. The van der Waals surface area contributed by atoms with Crippen molar-refractivity contribution < 1.29 is 0 Å². The van der Waals surface area contributed by atoms with Crippen LogP contribution in [0.1, 0.15) is 26.3 Å². The third kappa shape index (κ3) is 3.79. The van der Waals surface area contributed by atoms with Crippen LogP contribution in [0.15, 0.2) is 24.5 Å². The summed E-state index contributed by atoms with van der Waals surface area (Å²) in [6.45, 7) is 11.3. The molecule has 0 aromatic carbocycles. The highest BCUT2D eigenvalue weighted by Crippen LogP contribution is 2.16. The minimum Gasteiger partial charge on any atom is -0.310 e. The number of nitrogens with zero attached hydrogens (tertiary/aromatic N) is 2. The van der Waals surface area contributed by atoms with Crippen LogP contribution in [0.25, 0.3) is 0 Å². The smallest absolute Gasteiger partial charge is 0.0271 e. The van der Waals surface area contributed by atoms with Crippen molar-refractivity contribution in [3.63, 3.8) is 0 Å². The van der Waals surface area contributed by atoms with Crippen LogP contribution in [0.3, 0.4) is 0 Å². The van der Waals surface area contributed by atoms with Crippen molar-refractivity contribution in [3.8, 4) is 0 Å². The second-order valence-corrected chi connectivity index (χ2v) is 5.90. The van der Waals surface area contributed by atoms with Crippen molar-refractivity contribution in [1.82, 2.24) is 15.2 Å². The molecule has 2 heterocycles. The van der Waals surface area contributed by atoms with E-state index in [1.165, 1.54) is 12.1 Å². The van der Waals surface area contributed by atoms with Crippen LogP contribution in [-0.4, -0.2) is 35.1 Å². The van der Waals surface area contributed by atoms with Gasteiger partial charge in [-0.15, -0.1) is 0 Å². The molecule has 0 aliphatic carbocycles. The van der Waals surface area contributed by atoms with Gasteiger partial charge in [0.1, 0.15) is 0 Å². The molecule has 0 spiro atoms. The Hall–Kier alpha value is -0.930. The van der Waals surface area contributed by atoms with Crippen LogP contribution in [0.2, 0.25) is 0 Å². The zero-order chi connectivity index (χ0) is 12.3. The van der Waals surface area contributed by atoms with E-state index in [2.05, 4.69) is 48.1 Å². The van der Waals surface area contributed by atoms with Gasteiger partial charge in [-0.25, -0.2) is 0 Å². The van der Waals surface area contributed by atoms with Gasteiger partial charge in [0.05, 0.1) is 0 Å². The molecule has 1 aromatic heterocycles. The predicted octanol–water partition coefficient (Wildman–Crippen LogP) is 1.90. The highest BCUT2D eigenvalue weighted by Gasteiger charge is 2.26. The fourth-order valence-electron chi connectivity index (χ4n) is 2.50. The Morgan fingerprint density at radius 3 is 2.82 bits per heavy atom. The third-order valence-electron chi connectivity index (χ3n) is 3.27. The van der Waals surface area contributed by atoms with Gasteiger partial charge in [0.15, 0.2) is 0 Å². The minimum atomic E-state index is 0.206. The molecule has 1 fully saturated rings. The summed E-state index contributed by atoms with van der Waals surface area (Å²) in [5.74, 6) is 0.707. The number of rotatable bonds is 2. The molecule has 1 saturated heterocycles. The quantitative estimate of drug-likeness (QED) is 0.845. The minimum absolute atomic E-state index is 0.206. The van der Waals surface area contributed by atoms with E-state index in [-0.39, 0.29) is 5.54 Å². The largest absolute Gasteiger partial charge is 0.310 e. The van der Waals surface area contributed by atoms with E-state index in [1.54, 1.807) is 0 Å². The molecule has 0 radical (unpaired) electrons. The van der Waals surface area contributed by atoms with Crippen LogP contribution in [0.5, 0.6) is 0 Å².